The molecule has 3 fully saturated rings. The zero-order chi connectivity index (χ0) is 14.4. The zero-order valence-electron chi connectivity index (χ0n) is 12.7. The highest BCUT2D eigenvalue weighted by atomic mass is 16.2. The molecule has 2 amide bonds. The zero-order valence-corrected chi connectivity index (χ0v) is 12.7. The van der Waals surface area contributed by atoms with Crippen LogP contribution >= 0.6 is 0 Å². The van der Waals surface area contributed by atoms with Crippen LogP contribution in [0.15, 0.2) is 0 Å². The van der Waals surface area contributed by atoms with E-state index in [-0.39, 0.29) is 11.8 Å². The molecule has 0 aromatic carbocycles. The Morgan fingerprint density at radius 2 is 2.00 bits per heavy atom. The summed E-state index contributed by atoms with van der Waals surface area (Å²) in [5.74, 6) is 0.540. The lowest BCUT2D eigenvalue weighted by Crippen LogP contribution is -2.58. The van der Waals surface area contributed by atoms with E-state index in [1.807, 2.05) is 11.8 Å². The van der Waals surface area contributed by atoms with Crippen molar-refractivity contribution in [3.05, 3.63) is 0 Å². The Hall–Kier alpha value is -1.06. The van der Waals surface area contributed by atoms with Crippen molar-refractivity contribution < 1.29 is 9.59 Å². The molecule has 1 unspecified atom stereocenters. The number of nitrogens with zero attached hydrogens (tertiary/aromatic N) is 1. The van der Waals surface area contributed by atoms with E-state index in [0.29, 0.717) is 24.3 Å². The van der Waals surface area contributed by atoms with Gasteiger partial charge < -0.3 is 10.2 Å². The molecule has 1 saturated heterocycles. The fraction of sp³-hybridized carbons (Fsp3) is 0.875. The Morgan fingerprint density at radius 1 is 1.30 bits per heavy atom. The van der Waals surface area contributed by atoms with Crippen molar-refractivity contribution in [1.82, 2.24) is 10.2 Å². The van der Waals surface area contributed by atoms with E-state index in [2.05, 4.69) is 12.2 Å². The van der Waals surface area contributed by atoms with Crippen molar-refractivity contribution in [2.24, 2.45) is 11.3 Å². The van der Waals surface area contributed by atoms with E-state index in [0.717, 1.165) is 25.8 Å². The first-order chi connectivity index (χ1) is 9.49. The van der Waals surface area contributed by atoms with E-state index in [4.69, 9.17) is 0 Å². The fourth-order valence-electron chi connectivity index (χ4n) is 3.87. The molecule has 2 saturated carbocycles. The molecule has 3 rings (SSSR count). The molecule has 1 atom stereocenters. The van der Waals surface area contributed by atoms with Crippen molar-refractivity contribution in [2.75, 3.05) is 13.1 Å². The summed E-state index contributed by atoms with van der Waals surface area (Å²) in [6.45, 7) is 5.60. The van der Waals surface area contributed by atoms with Gasteiger partial charge in [0.1, 0.15) is 5.54 Å². The van der Waals surface area contributed by atoms with Crippen LogP contribution in [0.4, 0.5) is 0 Å². The molecule has 2 aliphatic carbocycles. The van der Waals surface area contributed by atoms with Gasteiger partial charge in [-0.2, -0.15) is 0 Å². The summed E-state index contributed by atoms with van der Waals surface area (Å²) in [4.78, 5) is 26.9. The normalized spacial score (nSPS) is 33.4. The van der Waals surface area contributed by atoms with Crippen molar-refractivity contribution in [3.8, 4) is 0 Å². The second-order valence-corrected chi connectivity index (χ2v) is 7.21. The molecule has 0 radical (unpaired) electrons. The first kappa shape index (κ1) is 13.9. The molecular weight excluding hydrogens is 252 g/mol. The molecule has 0 spiro atoms. The Morgan fingerprint density at radius 3 is 2.50 bits per heavy atom. The van der Waals surface area contributed by atoms with Gasteiger partial charge in [0.2, 0.25) is 11.8 Å². The second-order valence-electron chi connectivity index (χ2n) is 7.21. The monoisotopic (exact) mass is 278 g/mol. The van der Waals surface area contributed by atoms with Gasteiger partial charge in [-0.15, -0.1) is 0 Å². The molecule has 112 valence electrons. The molecule has 0 bridgehead atoms. The summed E-state index contributed by atoms with van der Waals surface area (Å²) in [6.07, 6.45) is 7.47. The number of rotatable bonds is 4. The Kier molecular flexibility index (Phi) is 3.30. The maximum Gasteiger partial charge on any atom is 0.248 e. The minimum atomic E-state index is -0.647. The van der Waals surface area contributed by atoms with E-state index in [1.54, 1.807) is 0 Å². The first-order valence-corrected chi connectivity index (χ1v) is 8.09. The van der Waals surface area contributed by atoms with Gasteiger partial charge in [0, 0.05) is 19.5 Å². The van der Waals surface area contributed by atoms with Gasteiger partial charge in [0.15, 0.2) is 0 Å². The van der Waals surface area contributed by atoms with Crippen LogP contribution < -0.4 is 5.32 Å². The van der Waals surface area contributed by atoms with Crippen molar-refractivity contribution in [1.29, 1.82) is 0 Å². The largest absolute Gasteiger partial charge is 0.342 e. The predicted octanol–water partition coefficient (Wildman–Crippen LogP) is 2.08. The summed E-state index contributed by atoms with van der Waals surface area (Å²) < 4.78 is 0. The molecule has 1 aliphatic heterocycles. The smallest absolute Gasteiger partial charge is 0.248 e. The van der Waals surface area contributed by atoms with E-state index >= 15 is 0 Å². The maximum atomic E-state index is 12.9. The van der Waals surface area contributed by atoms with Gasteiger partial charge in [-0.05, 0) is 50.4 Å². The van der Waals surface area contributed by atoms with Crippen LogP contribution in [0.2, 0.25) is 0 Å². The second kappa shape index (κ2) is 4.74. The number of hydrogen-bond acceptors (Lipinski definition) is 2. The number of amides is 2. The number of carbonyl (C=O) groups excluding carboxylic acids is 2. The molecular formula is C16H26N2O2. The summed E-state index contributed by atoms with van der Waals surface area (Å²) in [5, 5.41) is 3.01. The van der Waals surface area contributed by atoms with Crippen LogP contribution in [0.1, 0.15) is 58.8 Å². The molecule has 4 nitrogen and oxygen atoms in total. The van der Waals surface area contributed by atoms with Crippen LogP contribution in [-0.2, 0) is 9.59 Å². The van der Waals surface area contributed by atoms with Crippen molar-refractivity contribution in [3.63, 3.8) is 0 Å². The van der Waals surface area contributed by atoms with Crippen molar-refractivity contribution >= 4 is 11.8 Å². The van der Waals surface area contributed by atoms with Gasteiger partial charge in [0.05, 0.1) is 0 Å². The quantitative estimate of drug-likeness (QED) is 0.856. The third-order valence-corrected chi connectivity index (χ3v) is 5.82. The summed E-state index contributed by atoms with van der Waals surface area (Å²) >= 11 is 0. The lowest BCUT2D eigenvalue weighted by Gasteiger charge is -2.45. The Balaban J connectivity index is 1.79. The van der Waals surface area contributed by atoms with Crippen LogP contribution in [0.5, 0.6) is 0 Å². The highest BCUT2D eigenvalue weighted by molar-refractivity contribution is 5.93. The van der Waals surface area contributed by atoms with Crippen LogP contribution in [-0.4, -0.2) is 35.3 Å². The number of hydrogen-bond donors (Lipinski definition) is 1. The molecule has 3 aliphatic rings. The third-order valence-electron chi connectivity index (χ3n) is 5.82. The Bertz CT molecular complexity index is 421. The summed E-state index contributed by atoms with van der Waals surface area (Å²) in [6, 6.07) is 0. The SMILES string of the molecule is CCC1(CN2CCC(=O)NC(C)(C3CC3)C2=O)CCC1. The molecule has 20 heavy (non-hydrogen) atoms. The van der Waals surface area contributed by atoms with Gasteiger partial charge in [-0.3, -0.25) is 9.59 Å². The molecule has 1 N–H and O–H groups in total. The van der Waals surface area contributed by atoms with Gasteiger partial charge in [-0.25, -0.2) is 0 Å². The van der Waals surface area contributed by atoms with E-state index in [9.17, 15) is 9.59 Å². The first-order valence-electron chi connectivity index (χ1n) is 8.09. The fourth-order valence-corrected chi connectivity index (χ4v) is 3.87. The topological polar surface area (TPSA) is 49.4 Å². The molecule has 4 heteroatoms. The minimum Gasteiger partial charge on any atom is -0.342 e. The van der Waals surface area contributed by atoms with E-state index < -0.39 is 5.54 Å². The van der Waals surface area contributed by atoms with Crippen LogP contribution in [0.25, 0.3) is 0 Å². The number of nitrogens with one attached hydrogen (secondary N) is 1. The minimum absolute atomic E-state index is 0.0365. The highest BCUT2D eigenvalue weighted by Gasteiger charge is 2.52. The highest BCUT2D eigenvalue weighted by Crippen LogP contribution is 2.46. The number of carbonyl (C=O) groups is 2. The Labute approximate surface area is 121 Å². The average Bonchev–Trinajstić information content (AvgIpc) is 3.20. The third kappa shape index (κ3) is 2.23. The molecule has 0 aromatic rings. The summed E-state index contributed by atoms with van der Waals surface area (Å²) in [5.41, 5.74) is -0.320. The lowest BCUT2D eigenvalue weighted by molar-refractivity contribution is -0.141. The molecule has 0 aromatic heterocycles. The lowest BCUT2D eigenvalue weighted by atomic mass is 9.66. The maximum absolute atomic E-state index is 12.9. The van der Waals surface area contributed by atoms with Crippen molar-refractivity contribution in [2.45, 2.75) is 64.3 Å². The van der Waals surface area contributed by atoms with Gasteiger partial charge in [0.25, 0.3) is 0 Å². The average molecular weight is 278 g/mol. The van der Waals surface area contributed by atoms with Gasteiger partial charge in [-0.1, -0.05) is 13.3 Å². The van der Waals surface area contributed by atoms with Gasteiger partial charge >= 0.3 is 0 Å². The molecule has 1 heterocycles. The van der Waals surface area contributed by atoms with E-state index in [1.165, 1.54) is 19.3 Å². The summed E-state index contributed by atoms with van der Waals surface area (Å²) in [7, 11) is 0. The standard InChI is InChI=1S/C16H26N2O2/c1-3-16(8-4-9-16)11-18-10-7-13(19)17-15(2,14(18)20)12-5-6-12/h12H,3-11H2,1-2H3,(H,17,19). The van der Waals surface area contributed by atoms with Crippen LogP contribution in [0, 0.1) is 11.3 Å². The predicted molar refractivity (Wildman–Crippen MR) is 77.0 cm³/mol. The van der Waals surface area contributed by atoms with Crippen LogP contribution in [0.3, 0.4) is 0 Å².